The maximum absolute atomic E-state index is 12.7. The molecule has 3 rings (SSSR count). The minimum atomic E-state index is -4.53. The Morgan fingerprint density at radius 1 is 1.10 bits per heavy atom. The second-order valence-corrected chi connectivity index (χ2v) is 6.35. The van der Waals surface area contributed by atoms with E-state index < -0.39 is 17.8 Å². The van der Waals surface area contributed by atoms with Crippen LogP contribution >= 0.6 is 0 Å². The molecule has 1 aliphatic rings. The van der Waals surface area contributed by atoms with Crippen molar-refractivity contribution in [1.29, 1.82) is 0 Å². The fraction of sp³-hybridized carbons (Fsp3) is 0.421. The predicted molar refractivity (Wildman–Crippen MR) is 104 cm³/mol. The van der Waals surface area contributed by atoms with Gasteiger partial charge in [0, 0.05) is 0 Å². The van der Waals surface area contributed by atoms with Gasteiger partial charge >= 0.3 is 12.2 Å². The number of urea groups is 1. The number of hydrogen-bond donors (Lipinski definition) is 3. The first-order valence-corrected chi connectivity index (χ1v) is 9.12. The number of aromatic nitrogens is 2. The number of anilines is 2. The van der Waals surface area contributed by atoms with Crippen LogP contribution in [0.2, 0.25) is 0 Å². The average Bonchev–Trinajstić information content (AvgIpc) is 2.71. The molecule has 0 spiro atoms. The summed E-state index contributed by atoms with van der Waals surface area (Å²) < 4.78 is 43.2. The van der Waals surface area contributed by atoms with Gasteiger partial charge in [-0.25, -0.2) is 9.78 Å². The van der Waals surface area contributed by atoms with Gasteiger partial charge in [-0.3, -0.25) is 10.3 Å². The molecule has 1 aliphatic heterocycles. The van der Waals surface area contributed by atoms with Gasteiger partial charge in [0.2, 0.25) is 0 Å². The van der Waals surface area contributed by atoms with Crippen molar-refractivity contribution in [2.24, 2.45) is 0 Å². The molecule has 0 bridgehead atoms. The predicted octanol–water partition coefficient (Wildman–Crippen LogP) is 4.22. The Hall–Kier alpha value is -2.88. The quantitative estimate of drug-likeness (QED) is 0.704. The van der Waals surface area contributed by atoms with E-state index in [9.17, 15) is 18.0 Å². The number of nitrogens with zero attached hydrogens (tertiary/aromatic N) is 2. The zero-order chi connectivity index (χ0) is 21.3. The van der Waals surface area contributed by atoms with Crippen LogP contribution < -0.4 is 20.7 Å². The highest BCUT2D eigenvalue weighted by Crippen LogP contribution is 2.34. The van der Waals surface area contributed by atoms with Crippen LogP contribution in [0.4, 0.5) is 29.5 Å². The van der Waals surface area contributed by atoms with Crippen LogP contribution in [0, 0.1) is 6.92 Å². The molecule has 2 heterocycles. The van der Waals surface area contributed by atoms with Gasteiger partial charge < -0.3 is 15.4 Å². The Kier molecular flexibility index (Phi) is 8.20. The molecule has 7 nitrogen and oxygen atoms in total. The Labute approximate surface area is 167 Å². The van der Waals surface area contributed by atoms with Crippen LogP contribution in [0.25, 0.3) is 0 Å². The van der Waals surface area contributed by atoms with Gasteiger partial charge in [-0.15, -0.1) is 0 Å². The summed E-state index contributed by atoms with van der Waals surface area (Å²) in [6, 6.07) is 2.03. The lowest BCUT2D eigenvalue weighted by atomic mass is 10.2. The number of methoxy groups -OCH3 is 1. The van der Waals surface area contributed by atoms with E-state index in [1.807, 2.05) is 0 Å². The van der Waals surface area contributed by atoms with Gasteiger partial charge in [0.15, 0.2) is 5.82 Å². The Bertz CT molecular complexity index is 782. The fourth-order valence-corrected chi connectivity index (χ4v) is 2.51. The van der Waals surface area contributed by atoms with Crippen molar-refractivity contribution in [2.75, 3.05) is 30.8 Å². The number of piperidine rings is 1. The van der Waals surface area contributed by atoms with E-state index in [0.717, 1.165) is 18.2 Å². The van der Waals surface area contributed by atoms with Crippen molar-refractivity contribution < 1.29 is 22.7 Å². The van der Waals surface area contributed by atoms with Crippen LogP contribution in [-0.2, 0) is 6.18 Å². The monoisotopic (exact) mass is 411 g/mol. The van der Waals surface area contributed by atoms with Crippen molar-refractivity contribution in [3.05, 3.63) is 41.9 Å². The fourth-order valence-electron chi connectivity index (χ4n) is 2.51. The molecule has 0 atom stereocenters. The summed E-state index contributed by atoms with van der Waals surface area (Å²) in [7, 11) is 1.29. The van der Waals surface area contributed by atoms with Gasteiger partial charge in [-0.2, -0.15) is 13.2 Å². The van der Waals surface area contributed by atoms with Crippen LogP contribution in [0.15, 0.2) is 30.6 Å². The second kappa shape index (κ2) is 10.6. The van der Waals surface area contributed by atoms with Crippen molar-refractivity contribution >= 4 is 17.5 Å². The maximum atomic E-state index is 12.7. The normalized spacial score (nSPS) is 13.7. The summed E-state index contributed by atoms with van der Waals surface area (Å²) in [4.78, 5) is 19.7. The molecule has 2 amide bonds. The van der Waals surface area contributed by atoms with Crippen molar-refractivity contribution in [2.45, 2.75) is 32.4 Å². The molecule has 1 aromatic carbocycles. The SMILES string of the molecule is C1CCNCC1.COc1ccc(C(F)(F)F)cc1NC(=O)Nc1cnc(C)cn1. The van der Waals surface area contributed by atoms with E-state index in [1.54, 1.807) is 6.92 Å². The summed E-state index contributed by atoms with van der Waals surface area (Å²) in [5, 5.41) is 7.95. The molecule has 2 aromatic rings. The summed E-state index contributed by atoms with van der Waals surface area (Å²) in [5.41, 5.74) is -0.348. The molecule has 0 unspecified atom stereocenters. The molecule has 29 heavy (non-hydrogen) atoms. The number of carbonyl (C=O) groups is 1. The van der Waals surface area contributed by atoms with Gasteiger partial charge in [0.05, 0.1) is 36.4 Å². The molecular weight excluding hydrogens is 387 g/mol. The number of alkyl halides is 3. The van der Waals surface area contributed by atoms with E-state index in [-0.39, 0.29) is 17.3 Å². The minimum Gasteiger partial charge on any atom is -0.495 e. The first kappa shape index (κ1) is 22.4. The number of aryl methyl sites for hydroxylation is 1. The largest absolute Gasteiger partial charge is 0.495 e. The average molecular weight is 411 g/mol. The second-order valence-electron chi connectivity index (χ2n) is 6.35. The lowest BCUT2D eigenvalue weighted by Crippen LogP contribution is -2.21. The summed E-state index contributed by atoms with van der Waals surface area (Å²) in [5.74, 6) is 0.266. The van der Waals surface area contributed by atoms with E-state index in [4.69, 9.17) is 4.74 Å². The summed E-state index contributed by atoms with van der Waals surface area (Å²) >= 11 is 0. The van der Waals surface area contributed by atoms with Crippen LogP contribution in [0.5, 0.6) is 5.75 Å². The van der Waals surface area contributed by atoms with Crippen LogP contribution in [0.1, 0.15) is 30.5 Å². The molecule has 0 radical (unpaired) electrons. The molecular formula is C19H24F3N5O2. The van der Waals surface area contributed by atoms with E-state index in [0.29, 0.717) is 5.69 Å². The molecule has 1 saturated heterocycles. The van der Waals surface area contributed by atoms with Crippen LogP contribution in [-0.4, -0.2) is 36.2 Å². The molecule has 158 valence electrons. The summed E-state index contributed by atoms with van der Waals surface area (Å²) in [6.45, 7) is 4.23. The van der Waals surface area contributed by atoms with Gasteiger partial charge in [-0.1, -0.05) is 6.42 Å². The maximum Gasteiger partial charge on any atom is 0.416 e. The number of ether oxygens (including phenoxy) is 1. The number of amides is 2. The van der Waals surface area contributed by atoms with Crippen LogP contribution in [0.3, 0.4) is 0 Å². The molecule has 0 saturated carbocycles. The summed E-state index contributed by atoms with van der Waals surface area (Å²) in [6.07, 6.45) is 2.47. The van der Waals surface area contributed by atoms with Gasteiger partial charge in [0.1, 0.15) is 5.75 Å². The van der Waals surface area contributed by atoms with Crippen molar-refractivity contribution in [3.63, 3.8) is 0 Å². The number of benzene rings is 1. The van der Waals surface area contributed by atoms with E-state index >= 15 is 0 Å². The third kappa shape index (κ3) is 7.57. The van der Waals surface area contributed by atoms with Crippen molar-refractivity contribution in [1.82, 2.24) is 15.3 Å². The topological polar surface area (TPSA) is 88.2 Å². The van der Waals surface area contributed by atoms with E-state index in [1.165, 1.54) is 51.9 Å². The van der Waals surface area contributed by atoms with Crippen molar-refractivity contribution in [3.8, 4) is 5.75 Å². The van der Waals surface area contributed by atoms with Gasteiger partial charge in [0.25, 0.3) is 0 Å². The lowest BCUT2D eigenvalue weighted by Gasteiger charge is -2.14. The zero-order valence-electron chi connectivity index (χ0n) is 16.3. The smallest absolute Gasteiger partial charge is 0.416 e. The highest BCUT2D eigenvalue weighted by molar-refractivity contribution is 6.00. The molecule has 1 fully saturated rings. The Morgan fingerprint density at radius 3 is 2.31 bits per heavy atom. The highest BCUT2D eigenvalue weighted by atomic mass is 19.4. The van der Waals surface area contributed by atoms with Gasteiger partial charge in [-0.05, 0) is 51.1 Å². The zero-order valence-corrected chi connectivity index (χ0v) is 16.3. The number of nitrogens with one attached hydrogen (secondary N) is 3. The third-order valence-corrected chi connectivity index (χ3v) is 4.00. The third-order valence-electron chi connectivity index (χ3n) is 4.00. The first-order chi connectivity index (χ1) is 13.8. The number of hydrogen-bond acceptors (Lipinski definition) is 5. The number of carbonyl (C=O) groups excluding carboxylic acids is 1. The Balaban J connectivity index is 0.000000426. The Morgan fingerprint density at radius 2 is 1.83 bits per heavy atom. The molecule has 10 heteroatoms. The minimum absolute atomic E-state index is 0.100. The number of halogens is 3. The molecule has 0 aliphatic carbocycles. The van der Waals surface area contributed by atoms with E-state index in [2.05, 4.69) is 25.9 Å². The number of rotatable bonds is 3. The molecule has 1 aromatic heterocycles. The highest BCUT2D eigenvalue weighted by Gasteiger charge is 2.31. The first-order valence-electron chi connectivity index (χ1n) is 9.12. The standard InChI is InChI=1S/C14H13F3N4O2.C5H11N/c1-8-6-19-12(7-18-8)21-13(22)20-10-5-9(14(15,16)17)3-4-11(10)23-2;1-2-4-6-5-3-1/h3-7H,1-2H3,(H2,19,20,21,22);6H,1-5H2. The lowest BCUT2D eigenvalue weighted by molar-refractivity contribution is -0.137. The molecule has 3 N–H and O–H groups in total.